The highest BCUT2D eigenvalue weighted by Gasteiger charge is 2.28. The number of halogens is 1. The van der Waals surface area contributed by atoms with Crippen molar-refractivity contribution in [3.05, 3.63) is 34.8 Å². The molecular weight excluding hydrogens is 489 g/mol. The molecule has 1 atom stereocenters. The van der Waals surface area contributed by atoms with Gasteiger partial charge in [-0.1, -0.05) is 0 Å². The summed E-state index contributed by atoms with van der Waals surface area (Å²) in [6.45, 7) is 2.38. The van der Waals surface area contributed by atoms with Gasteiger partial charge >= 0.3 is 0 Å². The number of nitrogens with one attached hydrogen (secondary N) is 1. The van der Waals surface area contributed by atoms with Crippen LogP contribution in [-0.4, -0.2) is 78.8 Å². The molecule has 1 fully saturated rings. The average Bonchev–Trinajstić information content (AvgIpc) is 3.30. The molecule has 28 heavy (non-hydrogen) atoms. The Kier molecular flexibility index (Phi) is 8.25. The van der Waals surface area contributed by atoms with E-state index in [-0.39, 0.29) is 35.9 Å². The monoisotopic (exact) mass is 517 g/mol. The Balaban J connectivity index is 0.00000280. The first-order valence-corrected chi connectivity index (χ1v) is 9.87. The van der Waals surface area contributed by atoms with Gasteiger partial charge in [0.25, 0.3) is 0 Å². The number of nitrogens with zero attached hydrogens (tertiary/aromatic N) is 6. The van der Waals surface area contributed by atoms with Crippen LogP contribution in [0.1, 0.15) is 11.6 Å². The van der Waals surface area contributed by atoms with Crippen molar-refractivity contribution in [2.45, 2.75) is 6.04 Å². The Morgan fingerprint density at radius 3 is 2.75 bits per heavy atom. The van der Waals surface area contributed by atoms with E-state index in [1.54, 1.807) is 34.2 Å². The van der Waals surface area contributed by atoms with E-state index < -0.39 is 0 Å². The number of piperazine rings is 1. The van der Waals surface area contributed by atoms with E-state index in [0.29, 0.717) is 13.1 Å². The van der Waals surface area contributed by atoms with Gasteiger partial charge in [-0.2, -0.15) is 16.4 Å². The van der Waals surface area contributed by atoms with Crippen LogP contribution in [0.4, 0.5) is 5.69 Å². The lowest BCUT2D eigenvalue weighted by molar-refractivity contribution is -0.120. The van der Waals surface area contributed by atoms with Crippen LogP contribution < -0.4 is 10.2 Å². The van der Waals surface area contributed by atoms with E-state index in [0.717, 1.165) is 24.7 Å². The van der Waals surface area contributed by atoms with Crippen molar-refractivity contribution >= 4 is 52.9 Å². The quantitative estimate of drug-likeness (QED) is 0.371. The molecule has 0 radical (unpaired) electrons. The lowest BCUT2D eigenvalue weighted by atomic mass is 10.1. The molecule has 3 rings (SSSR count). The second-order valence-electron chi connectivity index (χ2n) is 6.80. The first kappa shape index (κ1) is 22.6. The molecule has 1 unspecified atom stereocenters. The number of thiophene rings is 1. The van der Waals surface area contributed by atoms with Crippen LogP contribution in [-0.2, 0) is 11.8 Å². The molecule has 2 aromatic heterocycles. The van der Waals surface area contributed by atoms with Gasteiger partial charge in [-0.3, -0.25) is 14.5 Å². The van der Waals surface area contributed by atoms with Gasteiger partial charge in [0.1, 0.15) is 6.54 Å². The van der Waals surface area contributed by atoms with Gasteiger partial charge < -0.3 is 20.0 Å². The lowest BCUT2D eigenvalue weighted by Crippen LogP contribution is -2.56. The molecule has 0 saturated carbocycles. The zero-order valence-corrected chi connectivity index (χ0v) is 19.8. The number of carbonyl (C=O) groups is 1. The molecule has 154 valence electrons. The standard InChI is InChI=1S/C18H27N7OS.HI/c1-19-18(20-10-16(22(2)3)14-5-8-27-13-14)24-6-7-25(17(26)12-24)15-9-21-23(4)11-15;/h5,8-9,11,13,16H,6-7,10,12H2,1-4H3,(H,19,20);1H. The first-order chi connectivity index (χ1) is 13.0. The summed E-state index contributed by atoms with van der Waals surface area (Å²) in [7, 11) is 7.76. The van der Waals surface area contributed by atoms with Gasteiger partial charge in [0.2, 0.25) is 5.91 Å². The van der Waals surface area contributed by atoms with Crippen LogP contribution in [0.15, 0.2) is 34.2 Å². The van der Waals surface area contributed by atoms with E-state index in [4.69, 9.17) is 0 Å². The summed E-state index contributed by atoms with van der Waals surface area (Å²) in [5.74, 6) is 0.815. The van der Waals surface area contributed by atoms with Crippen molar-refractivity contribution in [1.82, 2.24) is 24.9 Å². The minimum Gasteiger partial charge on any atom is -0.354 e. The van der Waals surface area contributed by atoms with E-state index in [2.05, 4.69) is 51.2 Å². The number of amides is 1. The summed E-state index contributed by atoms with van der Waals surface area (Å²) in [5, 5.41) is 11.9. The maximum absolute atomic E-state index is 12.6. The van der Waals surface area contributed by atoms with Gasteiger partial charge in [-0.05, 0) is 36.5 Å². The van der Waals surface area contributed by atoms with Crippen molar-refractivity contribution in [2.75, 3.05) is 52.2 Å². The SMILES string of the molecule is CN=C(NCC(c1ccsc1)N(C)C)N1CCN(c2cnn(C)c2)C(=O)C1.I. The number of carbonyl (C=O) groups excluding carboxylic acids is 1. The summed E-state index contributed by atoms with van der Waals surface area (Å²) >= 11 is 1.70. The molecule has 0 spiro atoms. The topological polar surface area (TPSA) is 69.0 Å². The summed E-state index contributed by atoms with van der Waals surface area (Å²) in [6, 6.07) is 2.40. The highest BCUT2D eigenvalue weighted by Crippen LogP contribution is 2.20. The molecule has 3 heterocycles. The van der Waals surface area contributed by atoms with E-state index in [9.17, 15) is 4.79 Å². The Morgan fingerprint density at radius 1 is 1.43 bits per heavy atom. The minimum atomic E-state index is 0. The van der Waals surface area contributed by atoms with E-state index in [1.807, 2.05) is 18.1 Å². The Bertz CT molecular complexity index is 790. The molecule has 8 nitrogen and oxygen atoms in total. The van der Waals surface area contributed by atoms with Crippen LogP contribution in [0.5, 0.6) is 0 Å². The highest BCUT2D eigenvalue weighted by atomic mass is 127. The van der Waals surface area contributed by atoms with Gasteiger partial charge in [-0.25, -0.2) is 0 Å². The largest absolute Gasteiger partial charge is 0.354 e. The van der Waals surface area contributed by atoms with Crippen LogP contribution in [0, 0.1) is 0 Å². The smallest absolute Gasteiger partial charge is 0.246 e. The maximum Gasteiger partial charge on any atom is 0.246 e. The lowest BCUT2D eigenvalue weighted by Gasteiger charge is -2.36. The fourth-order valence-corrected chi connectivity index (χ4v) is 3.97. The number of aromatic nitrogens is 2. The molecule has 1 aliphatic heterocycles. The number of hydrogen-bond acceptors (Lipinski definition) is 5. The number of rotatable bonds is 5. The van der Waals surface area contributed by atoms with E-state index >= 15 is 0 Å². The molecule has 1 saturated heterocycles. The maximum atomic E-state index is 12.6. The third kappa shape index (κ3) is 5.23. The van der Waals surface area contributed by atoms with Gasteiger partial charge in [-0.15, -0.1) is 24.0 Å². The predicted molar refractivity (Wildman–Crippen MR) is 125 cm³/mol. The highest BCUT2D eigenvalue weighted by molar-refractivity contribution is 14.0. The molecule has 0 aromatic carbocycles. The Labute approximate surface area is 187 Å². The summed E-state index contributed by atoms with van der Waals surface area (Å²) in [5.41, 5.74) is 2.13. The number of guanidine groups is 1. The summed E-state index contributed by atoms with van der Waals surface area (Å²) in [6.07, 6.45) is 3.59. The molecule has 1 N–H and O–H groups in total. The molecule has 1 aliphatic rings. The second kappa shape index (κ2) is 10.2. The zero-order valence-electron chi connectivity index (χ0n) is 16.7. The van der Waals surface area contributed by atoms with Crippen molar-refractivity contribution < 1.29 is 4.79 Å². The molecule has 2 aromatic rings. The molecule has 10 heteroatoms. The predicted octanol–water partition coefficient (Wildman–Crippen LogP) is 1.63. The van der Waals surface area contributed by atoms with Crippen LogP contribution in [0.2, 0.25) is 0 Å². The first-order valence-electron chi connectivity index (χ1n) is 8.92. The van der Waals surface area contributed by atoms with Crippen molar-refractivity contribution in [3.8, 4) is 0 Å². The van der Waals surface area contributed by atoms with Crippen molar-refractivity contribution in [2.24, 2.45) is 12.0 Å². The molecular formula is C18H28IN7OS. The van der Waals surface area contributed by atoms with Crippen molar-refractivity contribution in [1.29, 1.82) is 0 Å². The van der Waals surface area contributed by atoms with Crippen LogP contribution >= 0.6 is 35.3 Å². The number of likely N-dealkylation sites (N-methyl/N-ethyl adjacent to an activating group) is 1. The third-order valence-corrected chi connectivity index (χ3v) is 5.44. The fourth-order valence-electron chi connectivity index (χ4n) is 3.26. The number of anilines is 1. The second-order valence-corrected chi connectivity index (χ2v) is 7.58. The Hall–Kier alpha value is -1.66. The number of aryl methyl sites for hydroxylation is 1. The van der Waals surface area contributed by atoms with Gasteiger partial charge in [0.05, 0.1) is 17.9 Å². The van der Waals surface area contributed by atoms with Gasteiger partial charge in [0, 0.05) is 39.9 Å². The average molecular weight is 517 g/mol. The molecule has 0 aliphatic carbocycles. The third-order valence-electron chi connectivity index (χ3n) is 4.74. The minimum absolute atomic E-state index is 0. The number of aliphatic imine (C=N–C) groups is 1. The van der Waals surface area contributed by atoms with Crippen LogP contribution in [0.25, 0.3) is 0 Å². The molecule has 0 bridgehead atoms. The summed E-state index contributed by atoms with van der Waals surface area (Å²) in [4.78, 5) is 23.0. The molecule has 1 amide bonds. The normalized spacial score (nSPS) is 16.3. The fraction of sp³-hybridized carbons (Fsp3) is 0.500. The van der Waals surface area contributed by atoms with Crippen molar-refractivity contribution in [3.63, 3.8) is 0 Å². The van der Waals surface area contributed by atoms with E-state index in [1.165, 1.54) is 5.56 Å². The van der Waals surface area contributed by atoms with Crippen LogP contribution in [0.3, 0.4) is 0 Å². The Morgan fingerprint density at radius 2 is 2.21 bits per heavy atom. The zero-order chi connectivity index (χ0) is 19.4. The summed E-state index contributed by atoms with van der Waals surface area (Å²) < 4.78 is 1.71. The van der Waals surface area contributed by atoms with Gasteiger partial charge in [0.15, 0.2) is 5.96 Å². The number of hydrogen-bond donors (Lipinski definition) is 1.